The molecular formula is C13H12ClNO3S. The Bertz CT molecular complexity index is 597. The number of thiophene rings is 1. The maximum atomic E-state index is 12.0. The van der Waals surface area contributed by atoms with E-state index in [0.29, 0.717) is 27.1 Å². The van der Waals surface area contributed by atoms with Crippen molar-refractivity contribution in [3.05, 3.63) is 39.5 Å². The van der Waals surface area contributed by atoms with Crippen molar-refractivity contribution in [2.75, 3.05) is 19.5 Å². The standard InChI is InChI=1S/C13H12ClNO3S/c1-17-10-4-3-8(7-11(10)18-2)15-13(16)12-9(14)5-6-19-12/h3-7H,1-2H3,(H,15,16). The zero-order valence-corrected chi connectivity index (χ0v) is 12.0. The van der Waals surface area contributed by atoms with Gasteiger partial charge in [0.2, 0.25) is 0 Å². The van der Waals surface area contributed by atoms with E-state index in [2.05, 4.69) is 5.32 Å². The average molecular weight is 298 g/mol. The Morgan fingerprint density at radius 1 is 1.21 bits per heavy atom. The molecule has 0 unspecified atom stereocenters. The molecule has 100 valence electrons. The van der Waals surface area contributed by atoms with Crippen molar-refractivity contribution in [1.29, 1.82) is 0 Å². The Morgan fingerprint density at radius 3 is 2.53 bits per heavy atom. The molecule has 0 fully saturated rings. The lowest BCUT2D eigenvalue weighted by Gasteiger charge is -2.10. The number of anilines is 1. The Balaban J connectivity index is 2.20. The molecule has 1 aromatic carbocycles. The van der Waals surface area contributed by atoms with E-state index in [1.807, 2.05) is 0 Å². The zero-order chi connectivity index (χ0) is 13.8. The molecule has 19 heavy (non-hydrogen) atoms. The number of rotatable bonds is 4. The van der Waals surface area contributed by atoms with Crippen LogP contribution in [0.5, 0.6) is 11.5 Å². The summed E-state index contributed by atoms with van der Waals surface area (Å²) >= 11 is 7.21. The molecule has 1 N–H and O–H groups in total. The molecule has 0 aliphatic rings. The molecule has 0 saturated carbocycles. The van der Waals surface area contributed by atoms with E-state index in [9.17, 15) is 4.79 Å². The highest BCUT2D eigenvalue weighted by atomic mass is 35.5. The molecule has 0 radical (unpaired) electrons. The second kappa shape index (κ2) is 5.95. The van der Waals surface area contributed by atoms with Gasteiger partial charge in [0.1, 0.15) is 4.88 Å². The third kappa shape index (κ3) is 3.00. The second-order valence-corrected chi connectivity index (χ2v) is 4.94. The van der Waals surface area contributed by atoms with Gasteiger partial charge in [-0.15, -0.1) is 11.3 Å². The van der Waals surface area contributed by atoms with Crippen LogP contribution >= 0.6 is 22.9 Å². The van der Waals surface area contributed by atoms with Crippen LogP contribution < -0.4 is 14.8 Å². The lowest BCUT2D eigenvalue weighted by molar-refractivity contribution is 0.103. The minimum atomic E-state index is -0.243. The molecule has 0 atom stereocenters. The highest BCUT2D eigenvalue weighted by Crippen LogP contribution is 2.30. The van der Waals surface area contributed by atoms with Gasteiger partial charge in [-0.2, -0.15) is 0 Å². The molecule has 1 aromatic heterocycles. The summed E-state index contributed by atoms with van der Waals surface area (Å²) in [6.45, 7) is 0. The molecule has 2 rings (SSSR count). The molecule has 0 bridgehead atoms. The van der Waals surface area contributed by atoms with Crippen molar-refractivity contribution < 1.29 is 14.3 Å². The van der Waals surface area contributed by atoms with Crippen LogP contribution in [-0.4, -0.2) is 20.1 Å². The van der Waals surface area contributed by atoms with Crippen molar-refractivity contribution in [3.63, 3.8) is 0 Å². The third-order valence-electron chi connectivity index (χ3n) is 2.46. The van der Waals surface area contributed by atoms with E-state index >= 15 is 0 Å². The molecule has 2 aromatic rings. The minimum absolute atomic E-state index is 0.243. The van der Waals surface area contributed by atoms with E-state index in [4.69, 9.17) is 21.1 Å². The molecular weight excluding hydrogens is 286 g/mol. The quantitative estimate of drug-likeness (QED) is 0.936. The highest BCUT2D eigenvalue weighted by molar-refractivity contribution is 7.12. The molecule has 6 heteroatoms. The number of amides is 1. The largest absolute Gasteiger partial charge is 0.493 e. The fraction of sp³-hybridized carbons (Fsp3) is 0.154. The van der Waals surface area contributed by atoms with E-state index in [1.54, 1.807) is 43.9 Å². The smallest absolute Gasteiger partial charge is 0.267 e. The van der Waals surface area contributed by atoms with Crippen LogP contribution in [0.3, 0.4) is 0 Å². The SMILES string of the molecule is COc1ccc(NC(=O)c2sccc2Cl)cc1OC. The van der Waals surface area contributed by atoms with Crippen molar-refractivity contribution in [2.45, 2.75) is 0 Å². The van der Waals surface area contributed by atoms with Gasteiger partial charge in [0.25, 0.3) is 5.91 Å². The first-order valence-corrected chi connectivity index (χ1v) is 6.68. The maximum Gasteiger partial charge on any atom is 0.267 e. The van der Waals surface area contributed by atoms with Crippen LogP contribution in [0.25, 0.3) is 0 Å². The second-order valence-electron chi connectivity index (χ2n) is 3.62. The van der Waals surface area contributed by atoms with Gasteiger partial charge in [-0.05, 0) is 23.6 Å². The van der Waals surface area contributed by atoms with Gasteiger partial charge < -0.3 is 14.8 Å². The fourth-order valence-corrected chi connectivity index (χ4v) is 2.59. The summed E-state index contributed by atoms with van der Waals surface area (Å²) in [6.07, 6.45) is 0. The zero-order valence-electron chi connectivity index (χ0n) is 10.4. The van der Waals surface area contributed by atoms with E-state index in [-0.39, 0.29) is 5.91 Å². The van der Waals surface area contributed by atoms with Gasteiger partial charge in [0, 0.05) is 11.8 Å². The summed E-state index contributed by atoms with van der Waals surface area (Å²) in [5, 5.41) is 4.98. The summed E-state index contributed by atoms with van der Waals surface area (Å²) < 4.78 is 10.3. The van der Waals surface area contributed by atoms with E-state index in [0.717, 1.165) is 0 Å². The summed E-state index contributed by atoms with van der Waals surface area (Å²) in [5.74, 6) is 0.916. The van der Waals surface area contributed by atoms with Crippen molar-refractivity contribution in [3.8, 4) is 11.5 Å². The number of methoxy groups -OCH3 is 2. The first kappa shape index (κ1) is 13.7. The Morgan fingerprint density at radius 2 is 1.95 bits per heavy atom. The molecule has 0 spiro atoms. The van der Waals surface area contributed by atoms with Crippen LogP contribution in [-0.2, 0) is 0 Å². The molecule has 1 heterocycles. The number of ether oxygens (including phenoxy) is 2. The molecule has 0 aliphatic carbocycles. The average Bonchev–Trinajstić information content (AvgIpc) is 2.85. The van der Waals surface area contributed by atoms with Crippen LogP contribution in [0, 0.1) is 0 Å². The van der Waals surface area contributed by atoms with Gasteiger partial charge >= 0.3 is 0 Å². The van der Waals surface area contributed by atoms with Gasteiger partial charge in [-0.1, -0.05) is 11.6 Å². The lowest BCUT2D eigenvalue weighted by Crippen LogP contribution is -2.10. The highest BCUT2D eigenvalue weighted by Gasteiger charge is 2.13. The third-order valence-corrected chi connectivity index (χ3v) is 3.81. The Labute approximate surface area is 119 Å². The number of carbonyl (C=O) groups excluding carboxylic acids is 1. The predicted octanol–water partition coefficient (Wildman–Crippen LogP) is 3.67. The van der Waals surface area contributed by atoms with Crippen molar-refractivity contribution >= 4 is 34.5 Å². The van der Waals surface area contributed by atoms with Crippen molar-refractivity contribution in [2.24, 2.45) is 0 Å². The number of nitrogens with one attached hydrogen (secondary N) is 1. The van der Waals surface area contributed by atoms with Crippen LogP contribution in [0.15, 0.2) is 29.6 Å². The molecule has 0 aliphatic heterocycles. The predicted molar refractivity (Wildman–Crippen MR) is 76.8 cm³/mol. The number of carbonyl (C=O) groups is 1. The Hall–Kier alpha value is -1.72. The fourth-order valence-electron chi connectivity index (χ4n) is 1.56. The Kier molecular flexibility index (Phi) is 4.29. The summed E-state index contributed by atoms with van der Waals surface area (Å²) in [5.41, 5.74) is 0.618. The summed E-state index contributed by atoms with van der Waals surface area (Å²) in [4.78, 5) is 12.5. The normalized spacial score (nSPS) is 10.1. The van der Waals surface area contributed by atoms with E-state index < -0.39 is 0 Å². The molecule has 4 nitrogen and oxygen atoms in total. The molecule has 0 saturated heterocycles. The topological polar surface area (TPSA) is 47.6 Å². The van der Waals surface area contributed by atoms with Gasteiger partial charge in [0.15, 0.2) is 11.5 Å². The van der Waals surface area contributed by atoms with Crippen molar-refractivity contribution in [1.82, 2.24) is 0 Å². The first-order valence-electron chi connectivity index (χ1n) is 5.42. The summed E-state index contributed by atoms with van der Waals surface area (Å²) in [7, 11) is 3.10. The van der Waals surface area contributed by atoms with Gasteiger partial charge in [0.05, 0.1) is 19.2 Å². The molecule has 1 amide bonds. The van der Waals surface area contributed by atoms with Gasteiger partial charge in [-0.25, -0.2) is 0 Å². The van der Waals surface area contributed by atoms with Crippen LogP contribution in [0.4, 0.5) is 5.69 Å². The van der Waals surface area contributed by atoms with E-state index in [1.165, 1.54) is 11.3 Å². The first-order chi connectivity index (χ1) is 9.15. The monoisotopic (exact) mass is 297 g/mol. The number of hydrogen-bond acceptors (Lipinski definition) is 4. The minimum Gasteiger partial charge on any atom is -0.493 e. The van der Waals surface area contributed by atoms with Crippen LogP contribution in [0.1, 0.15) is 9.67 Å². The number of hydrogen-bond donors (Lipinski definition) is 1. The maximum absolute atomic E-state index is 12.0. The van der Waals surface area contributed by atoms with Gasteiger partial charge in [-0.3, -0.25) is 4.79 Å². The number of halogens is 1. The van der Waals surface area contributed by atoms with Crippen LogP contribution in [0.2, 0.25) is 5.02 Å². The lowest BCUT2D eigenvalue weighted by atomic mass is 10.2. The number of benzene rings is 1. The summed E-state index contributed by atoms with van der Waals surface area (Å²) in [6, 6.07) is 6.85.